The van der Waals surface area contributed by atoms with Gasteiger partial charge in [0.1, 0.15) is 11.6 Å². The van der Waals surface area contributed by atoms with Gasteiger partial charge in [-0.05, 0) is 36.8 Å². The van der Waals surface area contributed by atoms with Crippen LogP contribution in [0, 0.1) is 18.6 Å². The number of rotatable bonds is 7. The Bertz CT molecular complexity index is 1120. The van der Waals surface area contributed by atoms with E-state index in [4.69, 9.17) is 4.74 Å². The Balaban J connectivity index is 1.54. The minimum Gasteiger partial charge on any atom is -0.383 e. The minimum absolute atomic E-state index is 0.266. The predicted molar refractivity (Wildman–Crippen MR) is 128 cm³/mol. The summed E-state index contributed by atoms with van der Waals surface area (Å²) in [5.74, 6) is -1.53. The number of anilines is 1. The SMILES string of the molecule is COCCN1C[C@@H](NC(=O)Nc2ccc(C)nc2-c2ccccc2)[C@H](c2cc(F)cc(F)c2)C1. The molecule has 0 saturated carbocycles. The first kappa shape index (κ1) is 23.8. The number of aromatic nitrogens is 1. The summed E-state index contributed by atoms with van der Waals surface area (Å²) in [6, 6.07) is 16.1. The molecule has 4 rings (SSSR count). The summed E-state index contributed by atoms with van der Waals surface area (Å²) in [5.41, 5.74) is 3.50. The molecule has 1 saturated heterocycles. The molecule has 34 heavy (non-hydrogen) atoms. The molecule has 2 amide bonds. The number of amides is 2. The molecule has 0 unspecified atom stereocenters. The van der Waals surface area contributed by atoms with Crippen molar-refractivity contribution in [1.29, 1.82) is 0 Å². The number of likely N-dealkylation sites (tertiary alicyclic amines) is 1. The lowest BCUT2D eigenvalue weighted by Crippen LogP contribution is -2.42. The molecule has 1 fully saturated rings. The van der Waals surface area contributed by atoms with Gasteiger partial charge in [0.25, 0.3) is 0 Å². The van der Waals surface area contributed by atoms with Gasteiger partial charge in [-0.1, -0.05) is 30.3 Å². The van der Waals surface area contributed by atoms with Crippen molar-refractivity contribution < 1.29 is 18.3 Å². The summed E-state index contributed by atoms with van der Waals surface area (Å²) < 4.78 is 33.0. The summed E-state index contributed by atoms with van der Waals surface area (Å²) in [6.07, 6.45) is 0. The number of carbonyl (C=O) groups is 1. The second-order valence-electron chi connectivity index (χ2n) is 8.48. The molecular weight excluding hydrogens is 438 g/mol. The molecule has 178 valence electrons. The zero-order valence-electron chi connectivity index (χ0n) is 19.2. The first-order chi connectivity index (χ1) is 16.4. The number of methoxy groups -OCH3 is 1. The van der Waals surface area contributed by atoms with Gasteiger partial charge in [0, 0.05) is 50.0 Å². The molecule has 0 spiro atoms. The van der Waals surface area contributed by atoms with Crippen molar-refractivity contribution in [2.75, 3.05) is 38.7 Å². The van der Waals surface area contributed by atoms with E-state index in [1.807, 2.05) is 49.4 Å². The van der Waals surface area contributed by atoms with Crippen molar-refractivity contribution in [1.82, 2.24) is 15.2 Å². The molecule has 2 N–H and O–H groups in total. The van der Waals surface area contributed by atoms with Crippen LogP contribution in [0.5, 0.6) is 0 Å². The van der Waals surface area contributed by atoms with Crippen LogP contribution >= 0.6 is 0 Å². The lowest BCUT2D eigenvalue weighted by atomic mass is 9.94. The van der Waals surface area contributed by atoms with E-state index >= 15 is 0 Å². The van der Waals surface area contributed by atoms with Crippen LogP contribution in [-0.4, -0.2) is 55.3 Å². The van der Waals surface area contributed by atoms with Gasteiger partial charge in [0.15, 0.2) is 0 Å². The summed E-state index contributed by atoms with van der Waals surface area (Å²) in [4.78, 5) is 19.8. The number of halogens is 2. The van der Waals surface area contributed by atoms with Crippen LogP contribution in [0.4, 0.5) is 19.3 Å². The highest BCUT2D eigenvalue weighted by atomic mass is 19.1. The van der Waals surface area contributed by atoms with Crippen LogP contribution < -0.4 is 10.6 Å². The van der Waals surface area contributed by atoms with E-state index in [9.17, 15) is 13.6 Å². The molecule has 2 aromatic carbocycles. The third-order valence-electron chi connectivity index (χ3n) is 5.97. The second kappa shape index (κ2) is 10.7. The second-order valence-corrected chi connectivity index (χ2v) is 8.48. The summed E-state index contributed by atoms with van der Waals surface area (Å²) in [5, 5.41) is 5.92. The molecule has 0 aliphatic carbocycles. The lowest BCUT2D eigenvalue weighted by molar-refractivity contribution is 0.159. The van der Waals surface area contributed by atoms with Crippen LogP contribution in [0.1, 0.15) is 17.2 Å². The fraction of sp³-hybridized carbons (Fsp3) is 0.308. The fourth-order valence-electron chi connectivity index (χ4n) is 4.36. The number of aryl methyl sites for hydroxylation is 1. The lowest BCUT2D eigenvalue weighted by Gasteiger charge is -2.21. The topological polar surface area (TPSA) is 66.5 Å². The minimum atomic E-state index is -0.633. The third kappa shape index (κ3) is 5.76. The normalized spacial score (nSPS) is 18.1. The van der Waals surface area contributed by atoms with E-state index in [2.05, 4.69) is 20.5 Å². The van der Waals surface area contributed by atoms with Gasteiger partial charge in [-0.25, -0.2) is 13.6 Å². The molecular formula is C26H28F2N4O2. The maximum Gasteiger partial charge on any atom is 0.319 e. The van der Waals surface area contributed by atoms with E-state index in [0.29, 0.717) is 43.2 Å². The molecule has 0 bridgehead atoms. The first-order valence-corrected chi connectivity index (χ1v) is 11.2. The van der Waals surface area contributed by atoms with Crippen LogP contribution in [0.2, 0.25) is 0 Å². The molecule has 1 aromatic heterocycles. The smallest absolute Gasteiger partial charge is 0.319 e. The van der Waals surface area contributed by atoms with Gasteiger partial charge < -0.3 is 15.4 Å². The molecule has 8 heteroatoms. The highest BCUT2D eigenvalue weighted by Gasteiger charge is 2.35. The van der Waals surface area contributed by atoms with Gasteiger partial charge in [-0.15, -0.1) is 0 Å². The Morgan fingerprint density at radius 3 is 2.53 bits per heavy atom. The van der Waals surface area contributed by atoms with Crippen molar-refractivity contribution in [2.24, 2.45) is 0 Å². The predicted octanol–water partition coefficient (Wildman–Crippen LogP) is 4.57. The molecule has 3 aromatic rings. The first-order valence-electron chi connectivity index (χ1n) is 11.2. The summed E-state index contributed by atoms with van der Waals surface area (Å²) in [7, 11) is 1.62. The van der Waals surface area contributed by atoms with Crippen LogP contribution in [0.25, 0.3) is 11.3 Å². The van der Waals surface area contributed by atoms with E-state index in [0.717, 1.165) is 17.3 Å². The highest BCUT2D eigenvalue weighted by Crippen LogP contribution is 2.30. The van der Waals surface area contributed by atoms with Crippen molar-refractivity contribution in [3.63, 3.8) is 0 Å². The van der Waals surface area contributed by atoms with Crippen molar-refractivity contribution in [3.8, 4) is 11.3 Å². The van der Waals surface area contributed by atoms with E-state index in [1.54, 1.807) is 7.11 Å². The van der Waals surface area contributed by atoms with Crippen LogP contribution in [0.15, 0.2) is 60.7 Å². The van der Waals surface area contributed by atoms with Gasteiger partial charge in [0.2, 0.25) is 0 Å². The van der Waals surface area contributed by atoms with Gasteiger partial charge in [0.05, 0.1) is 24.0 Å². The van der Waals surface area contributed by atoms with E-state index < -0.39 is 17.7 Å². The molecule has 1 aliphatic heterocycles. The zero-order chi connectivity index (χ0) is 24.1. The quantitative estimate of drug-likeness (QED) is 0.535. The number of carbonyl (C=O) groups excluding carboxylic acids is 1. The standard InChI is InChI=1S/C26H28F2N4O2/c1-17-8-9-23(25(29-17)18-6-4-3-5-7-18)30-26(33)31-24-16-32(10-11-34-2)15-22(24)19-12-20(27)14-21(28)13-19/h3-9,12-14,22,24H,10-11,15-16H2,1-2H3,(H2,30,31,33)/t22-,24+/m0/s1. The number of urea groups is 1. The maximum atomic E-state index is 13.9. The van der Waals surface area contributed by atoms with E-state index in [-0.39, 0.29) is 12.0 Å². The van der Waals surface area contributed by atoms with Crippen molar-refractivity contribution in [3.05, 3.63) is 83.6 Å². The largest absolute Gasteiger partial charge is 0.383 e. The average molecular weight is 467 g/mol. The Labute approximate surface area is 198 Å². The zero-order valence-corrected chi connectivity index (χ0v) is 19.2. The number of nitrogens with one attached hydrogen (secondary N) is 2. The maximum absolute atomic E-state index is 13.9. The molecule has 1 aliphatic rings. The summed E-state index contributed by atoms with van der Waals surface area (Å²) in [6.45, 7) is 4.17. The Morgan fingerprint density at radius 1 is 1.09 bits per heavy atom. The molecule has 0 radical (unpaired) electrons. The van der Waals surface area contributed by atoms with E-state index in [1.165, 1.54) is 12.1 Å². The van der Waals surface area contributed by atoms with Crippen molar-refractivity contribution in [2.45, 2.75) is 18.9 Å². The fourth-order valence-corrected chi connectivity index (χ4v) is 4.36. The number of nitrogens with zero attached hydrogens (tertiary/aromatic N) is 2. The number of hydrogen-bond donors (Lipinski definition) is 2. The number of hydrogen-bond acceptors (Lipinski definition) is 4. The number of pyridine rings is 1. The third-order valence-corrected chi connectivity index (χ3v) is 5.97. The highest BCUT2D eigenvalue weighted by molar-refractivity contribution is 5.93. The Morgan fingerprint density at radius 2 is 1.82 bits per heavy atom. The molecule has 2 heterocycles. The Hall–Kier alpha value is -3.36. The molecule has 6 nitrogen and oxygen atoms in total. The van der Waals surface area contributed by atoms with Gasteiger partial charge >= 0.3 is 6.03 Å². The summed E-state index contributed by atoms with van der Waals surface area (Å²) >= 11 is 0. The van der Waals surface area contributed by atoms with Gasteiger partial charge in [-0.2, -0.15) is 0 Å². The number of benzene rings is 2. The molecule has 2 atom stereocenters. The van der Waals surface area contributed by atoms with Crippen LogP contribution in [0.3, 0.4) is 0 Å². The van der Waals surface area contributed by atoms with Crippen LogP contribution in [-0.2, 0) is 4.74 Å². The number of ether oxygens (including phenoxy) is 1. The van der Waals surface area contributed by atoms with Crippen molar-refractivity contribution >= 4 is 11.7 Å². The van der Waals surface area contributed by atoms with Gasteiger partial charge in [-0.3, -0.25) is 9.88 Å². The average Bonchev–Trinajstić information content (AvgIpc) is 3.21. The Kier molecular flexibility index (Phi) is 7.49. The monoisotopic (exact) mass is 466 g/mol.